The first-order valence-corrected chi connectivity index (χ1v) is 10.5. The summed E-state index contributed by atoms with van der Waals surface area (Å²) in [7, 11) is 0. The second-order valence-electron chi connectivity index (χ2n) is 6.88. The lowest BCUT2D eigenvalue weighted by Gasteiger charge is -2.34. The van der Waals surface area contributed by atoms with E-state index in [0.717, 1.165) is 48.5 Å². The predicted octanol–water partition coefficient (Wildman–Crippen LogP) is 5.21. The topological polar surface area (TPSA) is 42.4 Å². The molecule has 3 aromatic rings. The molecule has 1 aromatic heterocycles. The van der Waals surface area contributed by atoms with Gasteiger partial charge in [-0.2, -0.15) is 0 Å². The quantitative estimate of drug-likeness (QED) is 0.551. The van der Waals surface area contributed by atoms with Gasteiger partial charge in [-0.15, -0.1) is 11.3 Å². The highest BCUT2D eigenvalue weighted by atomic mass is 32.1. The largest absolute Gasteiger partial charge is 0.494 e. The summed E-state index contributed by atoms with van der Waals surface area (Å²) in [6.45, 7) is 1.40. The number of hydrogen-bond acceptors (Lipinski definition) is 4. The van der Waals surface area contributed by atoms with E-state index in [1.165, 1.54) is 4.70 Å². The highest BCUT2D eigenvalue weighted by molar-refractivity contribution is 7.18. The summed E-state index contributed by atoms with van der Waals surface area (Å²) in [6, 6.07) is 18.1. The minimum absolute atomic E-state index is 0.124. The second kappa shape index (κ2) is 8.53. The fourth-order valence-electron chi connectivity index (χ4n) is 3.59. The van der Waals surface area contributed by atoms with E-state index in [1.54, 1.807) is 11.3 Å². The number of ether oxygens (including phenoxy) is 1. The first-order valence-electron chi connectivity index (χ1n) is 9.64. The van der Waals surface area contributed by atoms with Crippen LogP contribution >= 0.6 is 11.3 Å². The molecule has 5 heteroatoms. The van der Waals surface area contributed by atoms with Crippen molar-refractivity contribution in [1.82, 2.24) is 9.88 Å². The molecule has 27 heavy (non-hydrogen) atoms. The molecule has 1 saturated heterocycles. The molecule has 0 bridgehead atoms. The maximum absolute atomic E-state index is 12.9. The van der Waals surface area contributed by atoms with Gasteiger partial charge in [0.2, 0.25) is 5.91 Å². The molecule has 0 saturated carbocycles. The Bertz CT molecular complexity index is 860. The molecular formula is C22H24N2O2S. The van der Waals surface area contributed by atoms with E-state index < -0.39 is 0 Å². The molecule has 4 nitrogen and oxygen atoms in total. The van der Waals surface area contributed by atoms with Gasteiger partial charge < -0.3 is 9.64 Å². The maximum atomic E-state index is 12.9. The summed E-state index contributed by atoms with van der Waals surface area (Å²) >= 11 is 1.72. The van der Waals surface area contributed by atoms with Crippen molar-refractivity contribution >= 4 is 27.5 Å². The number of benzene rings is 2. The molecular weight excluding hydrogens is 356 g/mol. The van der Waals surface area contributed by atoms with Crippen molar-refractivity contribution in [2.45, 2.75) is 38.1 Å². The number of carbonyl (C=O) groups excluding carboxylic acids is 1. The van der Waals surface area contributed by atoms with E-state index in [0.29, 0.717) is 13.0 Å². The van der Waals surface area contributed by atoms with E-state index in [1.807, 2.05) is 53.4 Å². The molecule has 4 rings (SSSR count). The van der Waals surface area contributed by atoms with E-state index in [-0.39, 0.29) is 11.9 Å². The first kappa shape index (κ1) is 18.0. The van der Waals surface area contributed by atoms with Crippen molar-refractivity contribution in [3.05, 3.63) is 59.6 Å². The summed E-state index contributed by atoms with van der Waals surface area (Å²) < 4.78 is 6.91. The van der Waals surface area contributed by atoms with Crippen molar-refractivity contribution in [3.8, 4) is 5.75 Å². The zero-order chi connectivity index (χ0) is 18.5. The lowest BCUT2D eigenvalue weighted by atomic mass is 10.0. The van der Waals surface area contributed by atoms with Crippen molar-refractivity contribution in [1.29, 1.82) is 0 Å². The molecule has 2 heterocycles. The zero-order valence-corrected chi connectivity index (χ0v) is 16.2. The number of rotatable bonds is 6. The summed E-state index contributed by atoms with van der Waals surface area (Å²) in [5.74, 6) is 1.07. The maximum Gasteiger partial charge on any atom is 0.223 e. The minimum atomic E-state index is 0.124. The fraction of sp³-hybridized carbons (Fsp3) is 0.364. The number of carbonyl (C=O) groups is 1. The van der Waals surface area contributed by atoms with Crippen LogP contribution in [0.25, 0.3) is 10.2 Å². The molecule has 1 atom stereocenters. The normalized spacial score (nSPS) is 17.2. The smallest absolute Gasteiger partial charge is 0.223 e. The number of hydrogen-bond donors (Lipinski definition) is 0. The van der Waals surface area contributed by atoms with Gasteiger partial charge in [-0.05, 0) is 49.9 Å². The Labute approximate surface area is 163 Å². The predicted molar refractivity (Wildman–Crippen MR) is 109 cm³/mol. The van der Waals surface area contributed by atoms with E-state index >= 15 is 0 Å². The molecule has 0 spiro atoms. The second-order valence-corrected chi connectivity index (χ2v) is 7.95. The van der Waals surface area contributed by atoms with Gasteiger partial charge in [0.1, 0.15) is 10.8 Å². The fourth-order valence-corrected chi connectivity index (χ4v) is 4.71. The number of amides is 1. The standard InChI is InChI=1S/C22H24N2O2S/c25-21(14-8-16-26-17-9-2-1-3-10-17)24-15-7-6-12-19(24)22-23-18-11-4-5-13-20(18)27-22/h1-5,9-11,13,19H,6-8,12,14-16H2. The summed E-state index contributed by atoms with van der Waals surface area (Å²) in [5.41, 5.74) is 1.03. The van der Waals surface area contributed by atoms with Crippen LogP contribution in [-0.2, 0) is 4.79 Å². The third-order valence-corrected chi connectivity index (χ3v) is 6.10. The summed E-state index contributed by atoms with van der Waals surface area (Å²) in [5, 5.41) is 1.07. The van der Waals surface area contributed by atoms with Crippen LogP contribution in [0.2, 0.25) is 0 Å². The minimum Gasteiger partial charge on any atom is -0.494 e. The van der Waals surface area contributed by atoms with Gasteiger partial charge in [0.05, 0.1) is 22.9 Å². The highest BCUT2D eigenvalue weighted by Crippen LogP contribution is 2.36. The summed E-state index contributed by atoms with van der Waals surface area (Å²) in [4.78, 5) is 19.7. The van der Waals surface area contributed by atoms with Gasteiger partial charge in [-0.25, -0.2) is 4.98 Å². The van der Waals surface area contributed by atoms with Crippen molar-refractivity contribution < 1.29 is 9.53 Å². The number of thiazole rings is 1. The first-order chi connectivity index (χ1) is 13.3. The average molecular weight is 381 g/mol. The molecule has 0 aliphatic carbocycles. The Morgan fingerprint density at radius 1 is 1.11 bits per heavy atom. The number of fused-ring (bicyclic) bond motifs is 1. The van der Waals surface area contributed by atoms with Gasteiger partial charge in [-0.3, -0.25) is 4.79 Å². The number of likely N-dealkylation sites (tertiary alicyclic amines) is 1. The summed E-state index contributed by atoms with van der Waals surface area (Å²) in [6.07, 6.45) is 4.49. The van der Waals surface area contributed by atoms with Crippen LogP contribution in [0.3, 0.4) is 0 Å². The zero-order valence-electron chi connectivity index (χ0n) is 15.3. The Morgan fingerprint density at radius 2 is 1.93 bits per heavy atom. The van der Waals surface area contributed by atoms with Crippen LogP contribution in [0.5, 0.6) is 5.75 Å². The van der Waals surface area contributed by atoms with E-state index in [4.69, 9.17) is 9.72 Å². The number of para-hydroxylation sites is 2. The van der Waals surface area contributed by atoms with Crippen LogP contribution in [0, 0.1) is 0 Å². The monoisotopic (exact) mass is 380 g/mol. The molecule has 0 radical (unpaired) electrons. The highest BCUT2D eigenvalue weighted by Gasteiger charge is 2.29. The number of piperidine rings is 1. The molecule has 2 aromatic carbocycles. The van der Waals surface area contributed by atoms with E-state index in [9.17, 15) is 4.79 Å². The molecule has 140 valence electrons. The SMILES string of the molecule is O=C(CCCOc1ccccc1)N1CCCCC1c1nc2ccccc2s1. The third kappa shape index (κ3) is 4.30. The van der Waals surface area contributed by atoms with E-state index in [2.05, 4.69) is 6.07 Å². The Balaban J connectivity index is 1.37. The lowest BCUT2D eigenvalue weighted by Crippen LogP contribution is -2.38. The third-order valence-electron chi connectivity index (χ3n) is 4.97. The van der Waals surface area contributed by atoms with Gasteiger partial charge in [-0.1, -0.05) is 30.3 Å². The van der Waals surface area contributed by atoms with Crippen molar-refractivity contribution in [2.75, 3.05) is 13.2 Å². The van der Waals surface area contributed by atoms with Crippen LogP contribution in [-0.4, -0.2) is 28.9 Å². The molecule has 1 amide bonds. The van der Waals surface area contributed by atoms with Gasteiger partial charge in [0.15, 0.2) is 0 Å². The van der Waals surface area contributed by atoms with Crippen molar-refractivity contribution in [3.63, 3.8) is 0 Å². The van der Waals surface area contributed by atoms with Gasteiger partial charge >= 0.3 is 0 Å². The Morgan fingerprint density at radius 3 is 2.78 bits per heavy atom. The molecule has 1 aliphatic rings. The molecule has 1 fully saturated rings. The van der Waals surface area contributed by atoms with Crippen LogP contribution in [0.4, 0.5) is 0 Å². The molecule has 1 unspecified atom stereocenters. The van der Waals surface area contributed by atoms with Crippen LogP contribution in [0.1, 0.15) is 43.2 Å². The Kier molecular flexibility index (Phi) is 5.68. The van der Waals surface area contributed by atoms with Gasteiger partial charge in [0.25, 0.3) is 0 Å². The Hall–Kier alpha value is -2.40. The number of nitrogens with zero attached hydrogens (tertiary/aromatic N) is 2. The molecule has 0 N–H and O–H groups in total. The molecule has 1 aliphatic heterocycles. The van der Waals surface area contributed by atoms with Crippen LogP contribution < -0.4 is 4.74 Å². The lowest BCUT2D eigenvalue weighted by molar-refractivity contribution is -0.135. The van der Waals surface area contributed by atoms with Gasteiger partial charge in [0, 0.05) is 13.0 Å². The van der Waals surface area contributed by atoms with Crippen molar-refractivity contribution in [2.24, 2.45) is 0 Å². The number of aromatic nitrogens is 1. The van der Waals surface area contributed by atoms with Crippen LogP contribution in [0.15, 0.2) is 54.6 Å². The average Bonchev–Trinajstić information content (AvgIpc) is 3.16.